The number of rotatable bonds is 8. The molecule has 1 rings (SSSR count). The zero-order valence-electron chi connectivity index (χ0n) is 16.3. The monoisotopic (exact) mass is 361 g/mol. The first-order valence-corrected chi connectivity index (χ1v) is 8.41. The Morgan fingerprint density at radius 2 is 2.00 bits per heavy atom. The number of benzene rings is 1. The highest BCUT2D eigenvalue weighted by Gasteiger charge is 2.08. The minimum atomic E-state index is -0.300. The first kappa shape index (κ1) is 21.8. The molecule has 0 radical (unpaired) electrons. The van der Waals surface area contributed by atoms with Gasteiger partial charge in [-0.1, -0.05) is 56.0 Å². The van der Waals surface area contributed by atoms with Crippen LogP contribution < -0.4 is 5.73 Å². The fraction of sp³-hybridized carbons (Fsp3) is 0.167. The van der Waals surface area contributed by atoms with Crippen LogP contribution in [0.25, 0.3) is 11.1 Å². The number of terminal acetylenes is 1. The fourth-order valence-corrected chi connectivity index (χ4v) is 2.55. The summed E-state index contributed by atoms with van der Waals surface area (Å²) >= 11 is 0. The average molecular weight is 361 g/mol. The third-order valence-corrected chi connectivity index (χ3v) is 4.25. The van der Waals surface area contributed by atoms with E-state index in [1.54, 1.807) is 19.3 Å². The maximum atomic E-state index is 9.30. The quantitative estimate of drug-likeness (QED) is 0.406. The van der Waals surface area contributed by atoms with E-state index in [0.29, 0.717) is 11.1 Å². The zero-order valence-corrected chi connectivity index (χ0v) is 16.3. The van der Waals surface area contributed by atoms with Crippen LogP contribution in [0.2, 0.25) is 0 Å². The molecule has 27 heavy (non-hydrogen) atoms. The predicted molar refractivity (Wildman–Crippen MR) is 115 cm³/mol. The van der Waals surface area contributed by atoms with Gasteiger partial charge in [-0.3, -0.25) is 0 Å². The van der Waals surface area contributed by atoms with E-state index in [1.165, 1.54) is 0 Å². The molecule has 0 spiro atoms. The van der Waals surface area contributed by atoms with Crippen LogP contribution in [0.15, 0.2) is 78.8 Å². The van der Waals surface area contributed by atoms with Crippen molar-refractivity contribution < 1.29 is 9.84 Å². The molecule has 3 heteroatoms. The summed E-state index contributed by atoms with van der Waals surface area (Å²) in [6.45, 7) is 15.4. The van der Waals surface area contributed by atoms with Crippen molar-refractivity contribution >= 4 is 11.1 Å². The first-order valence-electron chi connectivity index (χ1n) is 8.41. The normalized spacial score (nSPS) is 12.7. The molecule has 0 saturated heterocycles. The van der Waals surface area contributed by atoms with Gasteiger partial charge in [0.25, 0.3) is 0 Å². The lowest BCUT2D eigenvalue weighted by Gasteiger charge is -2.12. The molecule has 0 bridgehead atoms. The summed E-state index contributed by atoms with van der Waals surface area (Å²) in [5.41, 5.74) is 11.8. The van der Waals surface area contributed by atoms with Gasteiger partial charge in [-0.05, 0) is 42.2 Å². The number of aryl methyl sites for hydroxylation is 1. The number of allylic oxidation sites excluding steroid dienone is 8. The highest BCUT2D eigenvalue weighted by Crippen LogP contribution is 2.27. The van der Waals surface area contributed by atoms with Crippen molar-refractivity contribution in [1.82, 2.24) is 0 Å². The third kappa shape index (κ3) is 5.37. The molecule has 0 heterocycles. The van der Waals surface area contributed by atoms with E-state index in [-0.39, 0.29) is 12.3 Å². The van der Waals surface area contributed by atoms with E-state index in [1.807, 2.05) is 38.1 Å². The molecule has 0 aromatic heterocycles. The fourth-order valence-electron chi connectivity index (χ4n) is 2.55. The molecule has 3 nitrogen and oxygen atoms in total. The molecule has 0 aliphatic rings. The topological polar surface area (TPSA) is 55.5 Å². The Morgan fingerprint density at radius 1 is 1.33 bits per heavy atom. The lowest BCUT2D eigenvalue weighted by molar-refractivity contribution is 0.296. The number of aliphatic hydroxyl groups is 1. The van der Waals surface area contributed by atoms with E-state index in [0.717, 1.165) is 33.6 Å². The second-order valence-electron chi connectivity index (χ2n) is 5.99. The number of ether oxygens (including phenoxy) is 1. The van der Waals surface area contributed by atoms with E-state index in [4.69, 9.17) is 16.9 Å². The number of aliphatic hydroxyl groups excluding tert-OH is 1. The molecule has 0 fully saturated rings. The van der Waals surface area contributed by atoms with Gasteiger partial charge in [-0.2, -0.15) is 0 Å². The Hall–Kier alpha value is -3.22. The molecule has 0 atom stereocenters. The molecule has 0 aliphatic heterocycles. The summed E-state index contributed by atoms with van der Waals surface area (Å²) in [6.07, 6.45) is 10.7. The van der Waals surface area contributed by atoms with Gasteiger partial charge in [0.1, 0.15) is 5.76 Å². The Morgan fingerprint density at radius 3 is 2.52 bits per heavy atom. The highest BCUT2D eigenvalue weighted by molar-refractivity contribution is 5.81. The van der Waals surface area contributed by atoms with Gasteiger partial charge >= 0.3 is 0 Å². The van der Waals surface area contributed by atoms with Gasteiger partial charge in [0.05, 0.1) is 13.7 Å². The Bertz CT molecular complexity index is 889. The van der Waals surface area contributed by atoms with Crippen molar-refractivity contribution in [2.75, 3.05) is 13.7 Å². The highest BCUT2D eigenvalue weighted by atomic mass is 16.5. The summed E-state index contributed by atoms with van der Waals surface area (Å²) in [6, 6.07) is 6.08. The van der Waals surface area contributed by atoms with E-state index in [2.05, 4.69) is 25.7 Å². The molecular weight excluding hydrogens is 334 g/mol. The molecule has 140 valence electrons. The van der Waals surface area contributed by atoms with Crippen molar-refractivity contribution in [3.05, 3.63) is 95.5 Å². The summed E-state index contributed by atoms with van der Waals surface area (Å²) in [7, 11) is 1.63. The van der Waals surface area contributed by atoms with Crippen molar-refractivity contribution in [3.8, 4) is 12.3 Å². The maximum absolute atomic E-state index is 9.30. The van der Waals surface area contributed by atoms with Gasteiger partial charge in [-0.25, -0.2) is 0 Å². The standard InChI is InChI=1S/C24H27NO2/c1-8-16(3)22(24(25)15-26)13-11-18(5)23-14-20(12-10-17(23)4)21(9-2)19(6)27-7/h1,9-14,26H,2-3,5,15,25H2,4,6-7H3/b13-11+,21-19-,24-22-. The van der Waals surface area contributed by atoms with Crippen LogP contribution in [0.5, 0.6) is 0 Å². The molecule has 0 aliphatic carbocycles. The van der Waals surface area contributed by atoms with Gasteiger partial charge < -0.3 is 15.6 Å². The number of nitrogens with two attached hydrogens (primary N) is 1. The van der Waals surface area contributed by atoms with Gasteiger partial charge in [0, 0.05) is 22.4 Å². The van der Waals surface area contributed by atoms with E-state index < -0.39 is 0 Å². The summed E-state index contributed by atoms with van der Waals surface area (Å²) in [4.78, 5) is 0. The maximum Gasteiger partial charge on any atom is 0.100 e. The molecule has 1 aromatic carbocycles. The molecule has 1 aromatic rings. The lowest BCUT2D eigenvalue weighted by atomic mass is 9.94. The summed E-state index contributed by atoms with van der Waals surface area (Å²) < 4.78 is 5.34. The van der Waals surface area contributed by atoms with Crippen LogP contribution in [0, 0.1) is 19.3 Å². The van der Waals surface area contributed by atoms with Gasteiger partial charge in [0.15, 0.2) is 0 Å². The SMILES string of the molecule is C#CC(=C)C(/C=C/C(=C)c1cc(/C(C=C)=C(/C)OC)ccc1C)=C(\N)CO. The zero-order chi connectivity index (χ0) is 20.6. The minimum Gasteiger partial charge on any atom is -0.501 e. The summed E-state index contributed by atoms with van der Waals surface area (Å²) in [5, 5.41) is 9.30. The second kappa shape index (κ2) is 10.1. The largest absolute Gasteiger partial charge is 0.501 e. The molecule has 0 saturated carbocycles. The Balaban J connectivity index is 3.36. The summed E-state index contributed by atoms with van der Waals surface area (Å²) in [5.74, 6) is 3.23. The van der Waals surface area contributed by atoms with Crippen molar-refractivity contribution in [1.29, 1.82) is 0 Å². The van der Waals surface area contributed by atoms with E-state index >= 15 is 0 Å². The molecule has 3 N–H and O–H groups in total. The second-order valence-corrected chi connectivity index (χ2v) is 5.99. The van der Waals surface area contributed by atoms with Crippen LogP contribution in [0.4, 0.5) is 0 Å². The molecular formula is C24H27NO2. The molecule has 0 amide bonds. The van der Waals surface area contributed by atoms with Crippen LogP contribution in [-0.2, 0) is 4.74 Å². The van der Waals surface area contributed by atoms with Gasteiger partial charge in [0.2, 0.25) is 0 Å². The van der Waals surface area contributed by atoms with Gasteiger partial charge in [-0.15, -0.1) is 6.42 Å². The van der Waals surface area contributed by atoms with Crippen LogP contribution >= 0.6 is 0 Å². The molecule has 0 unspecified atom stereocenters. The first-order chi connectivity index (χ1) is 12.8. The van der Waals surface area contributed by atoms with E-state index in [9.17, 15) is 5.11 Å². The van der Waals surface area contributed by atoms with Crippen molar-refractivity contribution in [2.24, 2.45) is 5.73 Å². The average Bonchev–Trinajstić information content (AvgIpc) is 2.68. The van der Waals surface area contributed by atoms with Crippen LogP contribution in [-0.4, -0.2) is 18.8 Å². The Labute approximate surface area is 162 Å². The number of hydrogen-bond acceptors (Lipinski definition) is 3. The smallest absolute Gasteiger partial charge is 0.100 e. The number of hydrogen-bond donors (Lipinski definition) is 2. The van der Waals surface area contributed by atoms with Crippen LogP contribution in [0.3, 0.4) is 0 Å². The minimum absolute atomic E-state index is 0.264. The van der Waals surface area contributed by atoms with Crippen LogP contribution in [0.1, 0.15) is 23.6 Å². The number of methoxy groups -OCH3 is 1. The lowest BCUT2D eigenvalue weighted by Crippen LogP contribution is -2.06. The Kier molecular flexibility index (Phi) is 8.13. The third-order valence-electron chi connectivity index (χ3n) is 4.25. The van der Waals surface area contributed by atoms with Crippen molar-refractivity contribution in [2.45, 2.75) is 13.8 Å². The van der Waals surface area contributed by atoms with Crippen molar-refractivity contribution in [3.63, 3.8) is 0 Å². The predicted octanol–water partition coefficient (Wildman–Crippen LogP) is 4.52.